The first-order valence-electron chi connectivity index (χ1n) is 15.3. The molecule has 1 heterocycles. The van der Waals surface area contributed by atoms with E-state index in [9.17, 15) is 9.59 Å². The molecule has 1 atom stereocenters. The Bertz CT molecular complexity index is 1850. The molecule has 0 saturated carbocycles. The van der Waals surface area contributed by atoms with Crippen molar-refractivity contribution in [2.45, 2.75) is 45.6 Å². The zero-order valence-corrected chi connectivity index (χ0v) is 26.0. The van der Waals surface area contributed by atoms with Gasteiger partial charge < -0.3 is 10.2 Å². The van der Waals surface area contributed by atoms with E-state index in [-0.39, 0.29) is 23.7 Å². The number of thiazole rings is 1. The van der Waals surface area contributed by atoms with Crippen molar-refractivity contribution < 1.29 is 9.59 Å². The zero-order chi connectivity index (χ0) is 30.4. The maximum absolute atomic E-state index is 14.1. The number of aryl methyl sites for hydroxylation is 1. The van der Waals surface area contributed by atoms with E-state index in [0.717, 1.165) is 23.2 Å². The van der Waals surface area contributed by atoms with Gasteiger partial charge in [0.1, 0.15) is 0 Å². The molecule has 0 radical (unpaired) electrons. The third-order valence-electron chi connectivity index (χ3n) is 9.40. The summed E-state index contributed by atoms with van der Waals surface area (Å²) in [6.07, 6.45) is 0.760. The Balaban J connectivity index is 1.11. The van der Waals surface area contributed by atoms with E-state index in [4.69, 9.17) is 4.98 Å². The SMILES string of the molecule is CCN(Cc1cccc(C)c1)C(=O)c1cccc(-c2csc(NC(=O)C3(C)CC4c5ccccc5C3c3ccccc34)n2)c1. The summed E-state index contributed by atoms with van der Waals surface area (Å²) in [5.74, 6) is 0.170. The van der Waals surface area contributed by atoms with Crippen molar-refractivity contribution in [3.8, 4) is 11.3 Å². The number of anilines is 1. The van der Waals surface area contributed by atoms with Gasteiger partial charge in [0.25, 0.3) is 5.91 Å². The molecule has 1 N–H and O–H groups in total. The predicted octanol–water partition coefficient (Wildman–Crippen LogP) is 8.41. The van der Waals surface area contributed by atoms with Gasteiger partial charge in [-0.05, 0) is 67.1 Å². The fourth-order valence-electron chi connectivity index (χ4n) is 7.25. The summed E-state index contributed by atoms with van der Waals surface area (Å²) >= 11 is 1.42. The van der Waals surface area contributed by atoms with E-state index in [0.29, 0.717) is 23.8 Å². The first-order valence-corrected chi connectivity index (χ1v) is 16.1. The zero-order valence-electron chi connectivity index (χ0n) is 25.2. The van der Waals surface area contributed by atoms with Gasteiger partial charge in [-0.3, -0.25) is 9.59 Å². The maximum atomic E-state index is 14.1. The molecule has 1 aromatic heterocycles. The summed E-state index contributed by atoms with van der Waals surface area (Å²) in [6.45, 7) is 7.34. The Morgan fingerprint density at radius 3 is 2.27 bits per heavy atom. The number of rotatable bonds is 7. The third-order valence-corrected chi connectivity index (χ3v) is 10.2. The van der Waals surface area contributed by atoms with Crippen molar-refractivity contribution in [1.82, 2.24) is 9.88 Å². The second-order valence-corrected chi connectivity index (χ2v) is 13.1. The fraction of sp³-hybridized carbons (Fsp3) is 0.237. The fourth-order valence-corrected chi connectivity index (χ4v) is 7.96. The van der Waals surface area contributed by atoms with Gasteiger partial charge in [0.2, 0.25) is 5.91 Å². The van der Waals surface area contributed by atoms with E-state index in [1.807, 2.05) is 47.5 Å². The van der Waals surface area contributed by atoms with E-state index >= 15 is 0 Å². The van der Waals surface area contributed by atoms with Crippen LogP contribution in [0, 0.1) is 12.3 Å². The van der Waals surface area contributed by atoms with Crippen LogP contribution in [0.2, 0.25) is 0 Å². The van der Waals surface area contributed by atoms with E-state index in [1.165, 1.54) is 39.2 Å². The number of fused-ring (bicyclic) bond motifs is 1. The summed E-state index contributed by atoms with van der Waals surface area (Å²) < 4.78 is 0. The monoisotopic (exact) mass is 597 g/mol. The van der Waals surface area contributed by atoms with Crippen molar-refractivity contribution in [1.29, 1.82) is 0 Å². The number of nitrogens with zero attached hydrogens (tertiary/aromatic N) is 2. The molecule has 0 saturated heterocycles. The molecule has 3 aliphatic carbocycles. The van der Waals surface area contributed by atoms with Gasteiger partial charge in [-0.15, -0.1) is 11.3 Å². The van der Waals surface area contributed by atoms with Crippen molar-refractivity contribution in [3.63, 3.8) is 0 Å². The second-order valence-electron chi connectivity index (χ2n) is 12.2. The van der Waals surface area contributed by atoms with Crippen LogP contribution in [-0.2, 0) is 11.3 Å². The Kier molecular flexibility index (Phi) is 7.17. The van der Waals surface area contributed by atoms with Gasteiger partial charge in [0.15, 0.2) is 5.13 Å². The lowest BCUT2D eigenvalue weighted by Crippen LogP contribution is -2.47. The van der Waals surface area contributed by atoms with Crippen LogP contribution in [-0.4, -0.2) is 28.2 Å². The van der Waals surface area contributed by atoms with Gasteiger partial charge >= 0.3 is 0 Å². The summed E-state index contributed by atoms with van der Waals surface area (Å²) in [7, 11) is 0. The lowest BCUT2D eigenvalue weighted by atomic mass is 9.52. The Morgan fingerprint density at radius 2 is 1.59 bits per heavy atom. The summed E-state index contributed by atoms with van der Waals surface area (Å²) in [6, 6.07) is 33.0. The summed E-state index contributed by atoms with van der Waals surface area (Å²) in [5, 5.41) is 5.70. The number of carbonyl (C=O) groups is 2. The molecule has 6 heteroatoms. The standard InChI is InChI=1S/C38H35N3O2S/c1-4-41(22-25-12-9-11-24(2)19-25)35(42)27-14-10-13-26(20-27)33-23-44-37(39-33)40-36(43)38(3)21-32-28-15-5-7-17-30(28)34(38)31-18-8-6-16-29(31)32/h5-20,23,32,34H,4,21-22H2,1-3H3,(H,39,40,43). The number of amides is 2. The molecule has 2 amide bonds. The minimum Gasteiger partial charge on any atom is -0.335 e. The lowest BCUT2D eigenvalue weighted by molar-refractivity contribution is -0.126. The van der Waals surface area contributed by atoms with Gasteiger partial charge in [0, 0.05) is 41.4 Å². The largest absolute Gasteiger partial charge is 0.335 e. The molecule has 5 aromatic rings. The summed E-state index contributed by atoms with van der Waals surface area (Å²) in [4.78, 5) is 34.2. The third kappa shape index (κ3) is 4.83. The van der Waals surface area contributed by atoms with Gasteiger partial charge in [-0.2, -0.15) is 0 Å². The molecule has 5 nitrogen and oxygen atoms in total. The number of nitrogens with one attached hydrogen (secondary N) is 1. The smallest absolute Gasteiger partial charge is 0.254 e. The Hall–Kier alpha value is -4.55. The Labute approximate surface area is 262 Å². The van der Waals surface area contributed by atoms with E-state index in [1.54, 1.807) is 0 Å². The highest BCUT2D eigenvalue weighted by atomic mass is 32.1. The van der Waals surface area contributed by atoms with Crippen LogP contribution < -0.4 is 5.32 Å². The minimum atomic E-state index is -0.605. The topological polar surface area (TPSA) is 62.3 Å². The number of hydrogen-bond acceptors (Lipinski definition) is 4. The van der Waals surface area contributed by atoms with Gasteiger partial charge in [0.05, 0.1) is 11.1 Å². The first-order chi connectivity index (χ1) is 21.4. The number of benzene rings is 4. The highest BCUT2D eigenvalue weighted by Crippen LogP contribution is 2.61. The van der Waals surface area contributed by atoms with Crippen LogP contribution in [0.4, 0.5) is 5.13 Å². The molecule has 3 aliphatic rings. The predicted molar refractivity (Wildman–Crippen MR) is 177 cm³/mol. The number of hydrogen-bond donors (Lipinski definition) is 1. The second kappa shape index (κ2) is 11.2. The van der Waals surface area contributed by atoms with Crippen molar-refractivity contribution in [2.24, 2.45) is 5.41 Å². The molecule has 8 rings (SSSR count). The highest BCUT2D eigenvalue weighted by Gasteiger charge is 2.54. The van der Waals surface area contributed by atoms with Crippen molar-refractivity contribution in [2.75, 3.05) is 11.9 Å². The van der Waals surface area contributed by atoms with Crippen LogP contribution >= 0.6 is 11.3 Å². The molecule has 2 bridgehead atoms. The van der Waals surface area contributed by atoms with Crippen LogP contribution in [0.3, 0.4) is 0 Å². The highest BCUT2D eigenvalue weighted by molar-refractivity contribution is 7.14. The number of aromatic nitrogens is 1. The van der Waals surface area contributed by atoms with Crippen LogP contribution in [0.25, 0.3) is 11.3 Å². The molecular weight excluding hydrogens is 563 g/mol. The first kappa shape index (κ1) is 28.2. The van der Waals surface area contributed by atoms with Crippen LogP contribution in [0.15, 0.2) is 102 Å². The molecule has 0 fully saturated rings. The maximum Gasteiger partial charge on any atom is 0.254 e. The molecule has 0 spiro atoms. The van der Waals surface area contributed by atoms with Gasteiger partial charge in [-0.1, -0.05) is 90.5 Å². The molecule has 4 aromatic carbocycles. The van der Waals surface area contributed by atoms with Crippen LogP contribution in [0.5, 0.6) is 0 Å². The molecule has 220 valence electrons. The van der Waals surface area contributed by atoms with E-state index in [2.05, 4.69) is 85.9 Å². The Morgan fingerprint density at radius 1 is 0.909 bits per heavy atom. The van der Waals surface area contributed by atoms with Crippen molar-refractivity contribution in [3.05, 3.63) is 141 Å². The van der Waals surface area contributed by atoms with E-state index < -0.39 is 5.41 Å². The molecule has 0 aliphatic heterocycles. The van der Waals surface area contributed by atoms with Crippen molar-refractivity contribution >= 4 is 28.3 Å². The summed E-state index contributed by atoms with van der Waals surface area (Å²) in [5.41, 5.74) is 9.10. The molecular formula is C38H35N3O2S. The average Bonchev–Trinajstić information content (AvgIpc) is 3.52. The quantitative estimate of drug-likeness (QED) is 0.205. The van der Waals surface area contributed by atoms with Crippen LogP contribution in [0.1, 0.15) is 75.8 Å². The molecule has 1 unspecified atom stereocenters. The minimum absolute atomic E-state index is 0.00364. The lowest BCUT2D eigenvalue weighted by Gasteiger charge is -2.50. The normalized spacial score (nSPS) is 19.6. The van der Waals surface area contributed by atoms with Gasteiger partial charge in [-0.25, -0.2) is 4.98 Å². The average molecular weight is 598 g/mol. The molecule has 44 heavy (non-hydrogen) atoms. The number of carbonyl (C=O) groups excluding carboxylic acids is 2.